The number of rotatable bonds is 4. The monoisotopic (exact) mass is 295 g/mol. The average molecular weight is 295 g/mol. The lowest BCUT2D eigenvalue weighted by Crippen LogP contribution is -2.11. The first kappa shape index (κ1) is 14.1. The Morgan fingerprint density at radius 3 is 2.26 bits per heavy atom. The van der Waals surface area contributed by atoms with E-state index in [-0.39, 0.29) is 0 Å². The van der Waals surface area contributed by atoms with Crippen molar-refractivity contribution in [3.63, 3.8) is 0 Å². The van der Waals surface area contributed by atoms with Crippen LogP contribution < -0.4 is 4.72 Å². The average Bonchev–Trinajstić information content (AvgIpc) is 2.75. The van der Waals surface area contributed by atoms with Crippen molar-refractivity contribution in [1.82, 2.24) is 0 Å². The molecule has 0 atom stereocenters. The Bertz CT molecular complexity index is 667. The molecule has 0 saturated carbocycles. The van der Waals surface area contributed by atoms with Gasteiger partial charge in [0.05, 0.1) is 0 Å². The van der Waals surface area contributed by atoms with Gasteiger partial charge in [-0.1, -0.05) is 13.0 Å². The molecular weight excluding hydrogens is 278 g/mol. The highest BCUT2D eigenvalue weighted by Crippen LogP contribution is 2.25. The summed E-state index contributed by atoms with van der Waals surface area (Å²) in [4.78, 5) is 1.07. The van der Waals surface area contributed by atoms with Crippen LogP contribution in [0.25, 0.3) is 0 Å². The number of aryl methyl sites for hydroxylation is 3. The summed E-state index contributed by atoms with van der Waals surface area (Å²) in [5.41, 5.74) is 2.69. The fourth-order valence-electron chi connectivity index (χ4n) is 1.93. The molecule has 3 nitrogen and oxygen atoms in total. The van der Waals surface area contributed by atoms with Crippen LogP contribution in [0, 0.1) is 13.8 Å². The second kappa shape index (κ2) is 5.35. The molecule has 0 unspecified atom stereocenters. The Balaban J connectivity index is 2.30. The van der Waals surface area contributed by atoms with E-state index >= 15 is 0 Å². The van der Waals surface area contributed by atoms with Crippen LogP contribution in [-0.2, 0) is 16.4 Å². The number of nitrogens with one attached hydrogen (secondary N) is 1. The molecular formula is C14H17NO2S2. The zero-order valence-electron chi connectivity index (χ0n) is 11.2. The molecule has 0 spiro atoms. The first-order valence-electron chi connectivity index (χ1n) is 6.10. The van der Waals surface area contributed by atoms with Crippen LogP contribution in [0.5, 0.6) is 0 Å². The molecule has 0 aliphatic rings. The van der Waals surface area contributed by atoms with E-state index in [2.05, 4.69) is 4.72 Å². The van der Waals surface area contributed by atoms with E-state index in [4.69, 9.17) is 0 Å². The summed E-state index contributed by atoms with van der Waals surface area (Å²) in [5.74, 6) is 0. The first-order chi connectivity index (χ1) is 8.90. The number of sulfonamides is 1. The van der Waals surface area contributed by atoms with Crippen LogP contribution in [0.3, 0.4) is 0 Å². The van der Waals surface area contributed by atoms with E-state index in [9.17, 15) is 8.42 Å². The van der Waals surface area contributed by atoms with Crippen molar-refractivity contribution in [2.75, 3.05) is 4.72 Å². The van der Waals surface area contributed by atoms with Crippen molar-refractivity contribution in [3.05, 3.63) is 46.3 Å². The molecule has 102 valence electrons. The maximum atomic E-state index is 12.3. The molecule has 0 aliphatic carbocycles. The zero-order chi connectivity index (χ0) is 14.0. The van der Waals surface area contributed by atoms with E-state index in [1.807, 2.05) is 45.0 Å². The molecule has 0 bridgehead atoms. The van der Waals surface area contributed by atoms with Gasteiger partial charge in [0, 0.05) is 10.6 Å². The Kier molecular flexibility index (Phi) is 3.96. The van der Waals surface area contributed by atoms with Gasteiger partial charge in [0.2, 0.25) is 0 Å². The molecule has 2 aromatic rings. The summed E-state index contributed by atoms with van der Waals surface area (Å²) in [5, 5.41) is 0. The maximum Gasteiger partial charge on any atom is 0.271 e. The molecule has 0 radical (unpaired) electrons. The Morgan fingerprint density at radius 1 is 1.11 bits per heavy atom. The van der Waals surface area contributed by atoms with E-state index < -0.39 is 10.0 Å². The van der Waals surface area contributed by atoms with Gasteiger partial charge in [0.25, 0.3) is 10.0 Å². The van der Waals surface area contributed by atoms with Crippen molar-refractivity contribution in [2.45, 2.75) is 31.4 Å². The molecule has 1 N–H and O–H groups in total. The summed E-state index contributed by atoms with van der Waals surface area (Å²) in [6, 6.07) is 9.20. The second-order valence-corrected chi connectivity index (χ2v) is 7.63. The molecule has 2 rings (SSSR count). The summed E-state index contributed by atoms with van der Waals surface area (Å²) in [7, 11) is -3.47. The molecule has 19 heavy (non-hydrogen) atoms. The van der Waals surface area contributed by atoms with E-state index in [1.165, 1.54) is 11.3 Å². The summed E-state index contributed by atoms with van der Waals surface area (Å²) in [6.45, 7) is 5.91. The van der Waals surface area contributed by atoms with Gasteiger partial charge < -0.3 is 0 Å². The third kappa shape index (κ3) is 3.36. The third-order valence-corrected chi connectivity index (χ3v) is 5.83. The maximum absolute atomic E-state index is 12.3. The lowest BCUT2D eigenvalue weighted by Gasteiger charge is -2.08. The van der Waals surface area contributed by atoms with Gasteiger partial charge >= 0.3 is 0 Å². The summed E-state index contributed by atoms with van der Waals surface area (Å²) < 4.78 is 27.5. The quantitative estimate of drug-likeness (QED) is 0.934. The number of hydrogen-bond acceptors (Lipinski definition) is 3. The Hall–Kier alpha value is -1.33. The standard InChI is InChI=1S/C14H17NO2S2/c1-4-13-5-6-14(18-13)19(16,17)15-12-8-10(2)7-11(3)9-12/h5-9,15H,4H2,1-3H3. The van der Waals surface area contributed by atoms with Gasteiger partial charge in [0.15, 0.2) is 0 Å². The largest absolute Gasteiger partial charge is 0.279 e. The first-order valence-corrected chi connectivity index (χ1v) is 8.40. The topological polar surface area (TPSA) is 46.2 Å². The van der Waals surface area contributed by atoms with Gasteiger partial charge in [0.1, 0.15) is 4.21 Å². The Morgan fingerprint density at radius 2 is 1.74 bits per heavy atom. The van der Waals surface area contributed by atoms with Crippen LogP contribution >= 0.6 is 11.3 Å². The SMILES string of the molecule is CCc1ccc(S(=O)(=O)Nc2cc(C)cc(C)c2)s1. The summed E-state index contributed by atoms with van der Waals surface area (Å²) >= 11 is 1.32. The predicted octanol–water partition coefficient (Wildman–Crippen LogP) is 3.73. The number of anilines is 1. The van der Waals surface area contributed by atoms with Crippen LogP contribution in [0.4, 0.5) is 5.69 Å². The molecule has 5 heteroatoms. The van der Waals surface area contributed by atoms with Crippen LogP contribution in [0.15, 0.2) is 34.5 Å². The van der Waals surface area contributed by atoms with Crippen molar-refractivity contribution < 1.29 is 8.42 Å². The minimum absolute atomic E-state index is 0.364. The van der Waals surface area contributed by atoms with Gasteiger partial charge in [-0.05, 0) is 55.7 Å². The van der Waals surface area contributed by atoms with E-state index in [0.29, 0.717) is 9.90 Å². The highest BCUT2D eigenvalue weighted by Gasteiger charge is 2.16. The molecule has 1 aromatic heterocycles. The molecule has 0 fully saturated rings. The van der Waals surface area contributed by atoms with Crippen molar-refractivity contribution in [1.29, 1.82) is 0 Å². The van der Waals surface area contributed by atoms with Crippen molar-refractivity contribution >= 4 is 27.0 Å². The molecule has 1 heterocycles. The van der Waals surface area contributed by atoms with Gasteiger partial charge in [-0.3, -0.25) is 4.72 Å². The lowest BCUT2D eigenvalue weighted by molar-refractivity contribution is 0.603. The minimum atomic E-state index is -3.47. The van der Waals surface area contributed by atoms with Crippen LogP contribution in [0.1, 0.15) is 22.9 Å². The fourth-order valence-corrected chi connectivity index (χ4v) is 4.27. The van der Waals surface area contributed by atoms with E-state index in [1.54, 1.807) is 6.07 Å². The molecule has 0 amide bonds. The number of thiophene rings is 1. The summed E-state index contributed by atoms with van der Waals surface area (Å²) in [6.07, 6.45) is 0.851. The molecule has 0 saturated heterocycles. The van der Waals surface area contributed by atoms with Gasteiger partial charge in [-0.2, -0.15) is 0 Å². The highest BCUT2D eigenvalue weighted by molar-refractivity contribution is 7.94. The lowest BCUT2D eigenvalue weighted by atomic mass is 10.1. The van der Waals surface area contributed by atoms with Crippen molar-refractivity contribution in [3.8, 4) is 0 Å². The Labute approximate surface area is 118 Å². The van der Waals surface area contributed by atoms with Crippen LogP contribution in [0.2, 0.25) is 0 Å². The molecule has 0 aliphatic heterocycles. The normalized spacial score (nSPS) is 11.5. The van der Waals surface area contributed by atoms with Gasteiger partial charge in [-0.15, -0.1) is 11.3 Å². The number of benzene rings is 1. The second-order valence-electron chi connectivity index (χ2n) is 4.56. The molecule has 1 aromatic carbocycles. The fraction of sp³-hybridized carbons (Fsp3) is 0.286. The third-order valence-electron chi connectivity index (χ3n) is 2.72. The number of hydrogen-bond donors (Lipinski definition) is 1. The van der Waals surface area contributed by atoms with E-state index in [0.717, 1.165) is 22.4 Å². The van der Waals surface area contributed by atoms with Crippen molar-refractivity contribution in [2.24, 2.45) is 0 Å². The van der Waals surface area contributed by atoms with Crippen LogP contribution in [-0.4, -0.2) is 8.42 Å². The smallest absolute Gasteiger partial charge is 0.271 e. The zero-order valence-corrected chi connectivity index (χ0v) is 12.9. The predicted molar refractivity (Wildman–Crippen MR) is 80.4 cm³/mol. The highest BCUT2D eigenvalue weighted by atomic mass is 32.2. The minimum Gasteiger partial charge on any atom is -0.279 e. The van der Waals surface area contributed by atoms with Gasteiger partial charge in [-0.25, -0.2) is 8.42 Å².